The van der Waals surface area contributed by atoms with Crippen LogP contribution in [0.1, 0.15) is 12.1 Å². The first-order valence-corrected chi connectivity index (χ1v) is 7.14. The quantitative estimate of drug-likeness (QED) is 0.755. The molecule has 9 heteroatoms. The first kappa shape index (κ1) is 13.4. The second kappa shape index (κ2) is 4.91. The fraction of sp³-hybridized carbons (Fsp3) is 0.400. The van der Waals surface area contributed by atoms with Crippen molar-refractivity contribution in [2.24, 2.45) is 11.1 Å². The van der Waals surface area contributed by atoms with Crippen LogP contribution in [0.4, 0.5) is 5.82 Å². The third kappa shape index (κ3) is 3.04. The summed E-state index contributed by atoms with van der Waals surface area (Å²) in [5.74, 6) is -0.786. The number of aromatic nitrogens is 2. The summed E-state index contributed by atoms with van der Waals surface area (Å²) in [5.41, 5.74) is 0.0344. The van der Waals surface area contributed by atoms with E-state index >= 15 is 0 Å². The van der Waals surface area contributed by atoms with Crippen LogP contribution in [0, 0.1) is 17.2 Å². The van der Waals surface area contributed by atoms with Crippen molar-refractivity contribution in [2.45, 2.75) is 6.42 Å². The summed E-state index contributed by atoms with van der Waals surface area (Å²) in [4.78, 5) is 20.9. The Morgan fingerprint density at radius 2 is 2.16 bits per heavy atom. The van der Waals surface area contributed by atoms with Crippen molar-refractivity contribution in [2.75, 3.05) is 17.2 Å². The van der Waals surface area contributed by atoms with Gasteiger partial charge in [-0.2, -0.15) is 5.26 Å². The molecule has 0 radical (unpaired) electrons. The van der Waals surface area contributed by atoms with E-state index in [1.807, 2.05) is 6.07 Å². The van der Waals surface area contributed by atoms with Crippen molar-refractivity contribution in [1.82, 2.24) is 9.97 Å². The van der Waals surface area contributed by atoms with Crippen molar-refractivity contribution in [3.8, 4) is 6.07 Å². The summed E-state index contributed by atoms with van der Waals surface area (Å²) in [6.45, 7) is 0.169. The first-order chi connectivity index (χ1) is 8.90. The van der Waals surface area contributed by atoms with Gasteiger partial charge in [0.25, 0.3) is 0 Å². The molecule has 0 saturated carbocycles. The van der Waals surface area contributed by atoms with E-state index in [1.165, 1.54) is 17.3 Å². The molecule has 1 aromatic rings. The molecule has 2 rings (SSSR count). The molecule has 1 fully saturated rings. The third-order valence-corrected chi connectivity index (χ3v) is 3.65. The predicted molar refractivity (Wildman–Crippen MR) is 65.2 cm³/mol. The molecule has 0 bridgehead atoms. The van der Waals surface area contributed by atoms with Gasteiger partial charge in [0.05, 0.1) is 5.75 Å². The van der Waals surface area contributed by atoms with Gasteiger partial charge in [-0.3, -0.25) is 9.69 Å². The maximum atomic E-state index is 11.9. The molecular weight excluding hydrogens is 270 g/mol. The van der Waals surface area contributed by atoms with Crippen molar-refractivity contribution < 1.29 is 13.2 Å². The highest BCUT2D eigenvalue weighted by molar-refractivity contribution is 7.89. The van der Waals surface area contributed by atoms with Crippen LogP contribution in [0.2, 0.25) is 0 Å². The lowest BCUT2D eigenvalue weighted by Gasteiger charge is -2.15. The van der Waals surface area contributed by atoms with Crippen LogP contribution in [-0.2, 0) is 14.8 Å². The summed E-state index contributed by atoms with van der Waals surface area (Å²) >= 11 is 0. The number of nitrogens with two attached hydrogens (primary N) is 1. The molecule has 0 aliphatic carbocycles. The number of rotatable bonds is 3. The Labute approximate surface area is 109 Å². The van der Waals surface area contributed by atoms with E-state index in [2.05, 4.69) is 9.97 Å². The highest BCUT2D eigenvalue weighted by Gasteiger charge is 2.34. The van der Waals surface area contributed by atoms with Crippen LogP contribution in [0.25, 0.3) is 0 Å². The van der Waals surface area contributed by atoms with Crippen molar-refractivity contribution in [3.63, 3.8) is 0 Å². The smallest absolute Gasteiger partial charge is 0.228 e. The highest BCUT2D eigenvalue weighted by atomic mass is 32.2. The van der Waals surface area contributed by atoms with Gasteiger partial charge in [-0.15, -0.1) is 0 Å². The predicted octanol–water partition coefficient (Wildman–Crippen LogP) is -1.01. The molecular formula is C10H11N5O3S. The number of amides is 1. The Kier molecular flexibility index (Phi) is 3.46. The minimum Gasteiger partial charge on any atom is -0.294 e. The number of carbonyl (C=O) groups is 1. The van der Waals surface area contributed by atoms with Crippen LogP contribution in [0.15, 0.2) is 12.4 Å². The van der Waals surface area contributed by atoms with Crippen LogP contribution in [-0.4, -0.2) is 36.6 Å². The lowest BCUT2D eigenvalue weighted by molar-refractivity contribution is -0.117. The number of sulfonamides is 1. The summed E-state index contributed by atoms with van der Waals surface area (Å²) < 4.78 is 22.1. The number of nitrogens with zero attached hydrogens (tertiary/aromatic N) is 4. The largest absolute Gasteiger partial charge is 0.294 e. The lowest BCUT2D eigenvalue weighted by atomic mass is 10.1. The van der Waals surface area contributed by atoms with Gasteiger partial charge < -0.3 is 0 Å². The molecule has 1 amide bonds. The fourth-order valence-electron chi connectivity index (χ4n) is 2.03. The SMILES string of the molecule is N#Cc1nccnc1N1CC(CS(N)(=O)=O)CC1=O. The Morgan fingerprint density at radius 3 is 2.79 bits per heavy atom. The minimum absolute atomic E-state index is 0.0344. The molecule has 1 aliphatic rings. The van der Waals surface area contributed by atoms with Gasteiger partial charge in [-0.25, -0.2) is 23.5 Å². The molecule has 1 unspecified atom stereocenters. The van der Waals surface area contributed by atoms with Gasteiger partial charge in [0.1, 0.15) is 6.07 Å². The summed E-state index contributed by atoms with van der Waals surface area (Å²) in [6.07, 6.45) is 2.79. The molecule has 8 nitrogen and oxygen atoms in total. The van der Waals surface area contributed by atoms with Gasteiger partial charge >= 0.3 is 0 Å². The molecule has 19 heavy (non-hydrogen) atoms. The number of anilines is 1. The van der Waals surface area contributed by atoms with E-state index in [-0.39, 0.29) is 36.1 Å². The highest BCUT2D eigenvalue weighted by Crippen LogP contribution is 2.25. The Bertz CT molecular complexity index is 651. The lowest BCUT2D eigenvalue weighted by Crippen LogP contribution is -2.28. The molecule has 2 heterocycles. The van der Waals surface area contributed by atoms with E-state index in [4.69, 9.17) is 10.4 Å². The second-order valence-electron chi connectivity index (χ2n) is 4.24. The van der Waals surface area contributed by atoms with Crippen molar-refractivity contribution in [3.05, 3.63) is 18.1 Å². The van der Waals surface area contributed by atoms with E-state index in [1.54, 1.807) is 0 Å². The molecule has 0 aromatic carbocycles. The fourth-order valence-corrected chi connectivity index (χ4v) is 2.91. The molecule has 1 atom stereocenters. The average Bonchev–Trinajstić information content (AvgIpc) is 2.67. The standard InChI is InChI=1S/C10H11N5O3S/c11-4-8-10(14-2-1-13-8)15-5-7(3-9(15)16)6-19(12,17)18/h1-2,7H,3,5-6H2,(H2,12,17,18). The van der Waals surface area contributed by atoms with Crippen LogP contribution >= 0.6 is 0 Å². The molecule has 1 aliphatic heterocycles. The Morgan fingerprint density at radius 1 is 1.47 bits per heavy atom. The van der Waals surface area contributed by atoms with Crippen LogP contribution in [0.5, 0.6) is 0 Å². The number of nitriles is 1. The summed E-state index contributed by atoms with van der Waals surface area (Å²) in [5, 5.41) is 13.9. The van der Waals surface area contributed by atoms with Gasteiger partial charge in [0.2, 0.25) is 15.9 Å². The zero-order chi connectivity index (χ0) is 14.0. The summed E-state index contributed by atoms with van der Waals surface area (Å²) in [7, 11) is -3.63. The number of primary sulfonamides is 1. The zero-order valence-electron chi connectivity index (χ0n) is 9.85. The van der Waals surface area contributed by atoms with Gasteiger partial charge in [-0.05, 0) is 0 Å². The van der Waals surface area contributed by atoms with E-state index < -0.39 is 15.9 Å². The molecule has 1 saturated heterocycles. The Balaban J connectivity index is 2.24. The van der Waals surface area contributed by atoms with E-state index in [0.717, 1.165) is 0 Å². The minimum atomic E-state index is -3.63. The number of hydrogen-bond acceptors (Lipinski definition) is 6. The second-order valence-corrected chi connectivity index (χ2v) is 5.90. The number of carbonyl (C=O) groups excluding carboxylic acids is 1. The maximum Gasteiger partial charge on any atom is 0.228 e. The molecule has 100 valence electrons. The van der Waals surface area contributed by atoms with E-state index in [0.29, 0.717) is 0 Å². The van der Waals surface area contributed by atoms with Gasteiger partial charge in [0.15, 0.2) is 11.5 Å². The topological polar surface area (TPSA) is 130 Å². The monoisotopic (exact) mass is 281 g/mol. The summed E-state index contributed by atoms with van der Waals surface area (Å²) in [6, 6.07) is 1.85. The normalized spacial score (nSPS) is 19.5. The molecule has 0 spiro atoms. The molecule has 1 aromatic heterocycles. The zero-order valence-corrected chi connectivity index (χ0v) is 10.7. The van der Waals surface area contributed by atoms with Gasteiger partial charge in [-0.1, -0.05) is 0 Å². The van der Waals surface area contributed by atoms with Crippen molar-refractivity contribution >= 4 is 21.7 Å². The Hall–Kier alpha value is -2.05. The van der Waals surface area contributed by atoms with Crippen LogP contribution in [0.3, 0.4) is 0 Å². The van der Waals surface area contributed by atoms with E-state index in [9.17, 15) is 13.2 Å². The van der Waals surface area contributed by atoms with Crippen LogP contribution < -0.4 is 10.0 Å². The first-order valence-electron chi connectivity index (χ1n) is 5.42. The maximum absolute atomic E-state index is 11.9. The third-order valence-electron chi connectivity index (χ3n) is 2.71. The number of hydrogen-bond donors (Lipinski definition) is 1. The molecule has 2 N–H and O–H groups in total. The van der Waals surface area contributed by atoms with Crippen molar-refractivity contribution in [1.29, 1.82) is 5.26 Å². The average molecular weight is 281 g/mol. The van der Waals surface area contributed by atoms with Gasteiger partial charge in [0, 0.05) is 31.3 Å².